The molecule has 5 aromatic rings. The number of carbonyl (C=O) groups is 3. The Bertz CT molecular complexity index is 1940. The van der Waals surface area contributed by atoms with Crippen LogP contribution in [0.25, 0.3) is 16.0 Å². The first-order chi connectivity index (χ1) is 22.3. The third-order valence-electron chi connectivity index (χ3n) is 8.60. The molecule has 9 nitrogen and oxygen atoms in total. The number of hydrogen-bond donors (Lipinski definition) is 0. The molecule has 0 radical (unpaired) electrons. The maximum atomic E-state index is 13.0. The molecule has 0 unspecified atom stereocenters. The molecule has 2 aromatic heterocycles. The maximum absolute atomic E-state index is 13.0. The van der Waals surface area contributed by atoms with Crippen LogP contribution in [-0.2, 0) is 4.74 Å². The molecule has 0 spiro atoms. The SMILES string of the molecule is COC(=O)c1sc(-n2cnc3ccc(OC4CCC(N5C(=O)c6ccccc6C5=O)CC4)cc32)cc1O[C@H](C)c1ccccc1Cl. The van der Waals surface area contributed by atoms with Crippen molar-refractivity contribution >= 4 is 51.8 Å². The van der Waals surface area contributed by atoms with Gasteiger partial charge in [0, 0.05) is 28.8 Å². The fourth-order valence-electron chi connectivity index (χ4n) is 6.25. The van der Waals surface area contributed by atoms with Crippen LogP contribution < -0.4 is 9.47 Å². The van der Waals surface area contributed by atoms with Crippen LogP contribution in [-0.4, -0.2) is 51.5 Å². The van der Waals surface area contributed by atoms with E-state index in [9.17, 15) is 14.4 Å². The molecule has 7 rings (SSSR count). The first-order valence-corrected chi connectivity index (χ1v) is 16.3. The number of esters is 1. The number of fused-ring (bicyclic) bond motifs is 2. The standard InChI is InChI=1S/C35H30ClN3O6S/c1-20(24-7-5-6-10-27(24)36)44-30-18-31(46-32(30)35(42)43-2)38-19-37-28-16-15-23(17-29(28)38)45-22-13-11-21(12-14-22)39-33(40)25-8-3-4-9-26(25)34(39)41/h3-10,15-22H,11-14H2,1-2H3/t20-,21?,22?/m1/s1. The third-order valence-corrected chi connectivity index (χ3v) is 10.0. The molecular weight excluding hydrogens is 626 g/mol. The lowest BCUT2D eigenvalue weighted by molar-refractivity contribution is 0.0477. The third kappa shape index (κ3) is 5.41. The Kier molecular flexibility index (Phi) is 8.00. The van der Waals surface area contributed by atoms with Gasteiger partial charge in [0.2, 0.25) is 0 Å². The lowest BCUT2D eigenvalue weighted by atomic mass is 9.91. The number of imidazole rings is 1. The molecule has 11 heteroatoms. The number of benzene rings is 3. The van der Waals surface area contributed by atoms with Crippen molar-refractivity contribution in [3.05, 3.63) is 106 Å². The number of amides is 2. The van der Waals surface area contributed by atoms with E-state index in [4.69, 9.17) is 25.8 Å². The second-order valence-electron chi connectivity index (χ2n) is 11.4. The lowest BCUT2D eigenvalue weighted by Crippen LogP contribution is -2.43. The second kappa shape index (κ2) is 12.3. The van der Waals surface area contributed by atoms with Gasteiger partial charge in [0.1, 0.15) is 28.9 Å². The summed E-state index contributed by atoms with van der Waals surface area (Å²) in [6.45, 7) is 1.88. The number of imide groups is 1. The Balaban J connectivity index is 1.08. The molecule has 3 heterocycles. The summed E-state index contributed by atoms with van der Waals surface area (Å²) < 4.78 is 19.6. The molecule has 0 bridgehead atoms. The topological polar surface area (TPSA) is 100.0 Å². The number of carbonyl (C=O) groups excluding carboxylic acids is 3. The summed E-state index contributed by atoms with van der Waals surface area (Å²) in [5.74, 6) is 0.164. The normalized spacial score (nSPS) is 18.5. The molecule has 2 aliphatic rings. The molecule has 1 saturated carbocycles. The van der Waals surface area contributed by atoms with Crippen molar-refractivity contribution in [2.24, 2.45) is 0 Å². The molecule has 3 aromatic carbocycles. The van der Waals surface area contributed by atoms with Gasteiger partial charge in [-0.15, -0.1) is 11.3 Å². The fourth-order valence-corrected chi connectivity index (χ4v) is 7.53. The van der Waals surface area contributed by atoms with Gasteiger partial charge in [0.05, 0.1) is 35.4 Å². The first kappa shape index (κ1) is 30.0. The molecule has 0 N–H and O–H groups in total. The summed E-state index contributed by atoms with van der Waals surface area (Å²) in [6.07, 6.45) is 4.02. The van der Waals surface area contributed by atoms with E-state index in [0.717, 1.165) is 21.6 Å². The van der Waals surface area contributed by atoms with Crippen molar-refractivity contribution in [1.29, 1.82) is 0 Å². The summed E-state index contributed by atoms with van der Waals surface area (Å²) in [5, 5.41) is 1.30. The number of ether oxygens (including phenoxy) is 3. The van der Waals surface area contributed by atoms with E-state index in [-0.39, 0.29) is 24.0 Å². The minimum atomic E-state index is -0.497. The molecule has 1 atom stereocenters. The van der Waals surface area contributed by atoms with Crippen molar-refractivity contribution in [2.45, 2.75) is 50.9 Å². The average Bonchev–Trinajstić information content (AvgIpc) is 3.75. The Hall–Kier alpha value is -4.67. The molecule has 234 valence electrons. The van der Waals surface area contributed by atoms with E-state index in [2.05, 4.69) is 4.98 Å². The van der Waals surface area contributed by atoms with E-state index in [1.807, 2.05) is 47.9 Å². The Morgan fingerprint density at radius 1 is 0.957 bits per heavy atom. The van der Waals surface area contributed by atoms with Crippen LogP contribution in [0.5, 0.6) is 11.5 Å². The van der Waals surface area contributed by atoms with Gasteiger partial charge in [-0.1, -0.05) is 41.9 Å². The van der Waals surface area contributed by atoms with Gasteiger partial charge in [-0.25, -0.2) is 9.78 Å². The van der Waals surface area contributed by atoms with E-state index in [0.29, 0.717) is 58.2 Å². The van der Waals surface area contributed by atoms with Gasteiger partial charge in [-0.2, -0.15) is 0 Å². The lowest BCUT2D eigenvalue weighted by Gasteiger charge is -2.33. The van der Waals surface area contributed by atoms with Gasteiger partial charge in [0.25, 0.3) is 11.8 Å². The predicted molar refractivity (Wildman–Crippen MR) is 174 cm³/mol. The monoisotopic (exact) mass is 655 g/mol. The van der Waals surface area contributed by atoms with Crippen LogP contribution in [0.2, 0.25) is 5.02 Å². The van der Waals surface area contributed by atoms with Gasteiger partial charge in [-0.05, 0) is 62.9 Å². The molecule has 0 saturated heterocycles. The zero-order valence-corrected chi connectivity index (χ0v) is 26.7. The highest BCUT2D eigenvalue weighted by atomic mass is 35.5. The minimum absolute atomic E-state index is 0.0563. The van der Waals surface area contributed by atoms with Crippen LogP contribution in [0.1, 0.15) is 74.7 Å². The Labute approximate surface area is 274 Å². The summed E-state index contributed by atoms with van der Waals surface area (Å²) in [4.78, 5) is 45.0. The zero-order valence-electron chi connectivity index (χ0n) is 25.1. The van der Waals surface area contributed by atoms with E-state index in [1.165, 1.54) is 23.3 Å². The van der Waals surface area contributed by atoms with Crippen molar-refractivity contribution in [3.8, 4) is 16.5 Å². The summed E-state index contributed by atoms with van der Waals surface area (Å²) in [7, 11) is 1.34. The molecule has 1 fully saturated rings. The number of rotatable bonds is 8. The smallest absolute Gasteiger partial charge is 0.351 e. The highest BCUT2D eigenvalue weighted by molar-refractivity contribution is 7.16. The highest BCUT2D eigenvalue weighted by Gasteiger charge is 2.41. The van der Waals surface area contributed by atoms with Crippen LogP contribution in [0.3, 0.4) is 0 Å². The van der Waals surface area contributed by atoms with Crippen molar-refractivity contribution in [2.75, 3.05) is 7.11 Å². The minimum Gasteiger partial charge on any atom is -0.490 e. The van der Waals surface area contributed by atoms with Crippen LogP contribution in [0.4, 0.5) is 0 Å². The largest absolute Gasteiger partial charge is 0.490 e. The average molecular weight is 656 g/mol. The Morgan fingerprint density at radius 2 is 1.65 bits per heavy atom. The number of halogens is 1. The van der Waals surface area contributed by atoms with E-state index >= 15 is 0 Å². The van der Waals surface area contributed by atoms with E-state index in [1.54, 1.807) is 42.7 Å². The van der Waals surface area contributed by atoms with Gasteiger partial charge in [-0.3, -0.25) is 19.1 Å². The van der Waals surface area contributed by atoms with E-state index < -0.39 is 12.1 Å². The van der Waals surface area contributed by atoms with Gasteiger partial charge in [0.15, 0.2) is 4.88 Å². The first-order valence-electron chi connectivity index (χ1n) is 15.1. The van der Waals surface area contributed by atoms with Crippen LogP contribution in [0, 0.1) is 0 Å². The predicted octanol–water partition coefficient (Wildman–Crippen LogP) is 7.65. The van der Waals surface area contributed by atoms with Crippen molar-refractivity contribution in [1.82, 2.24) is 14.5 Å². The number of nitrogens with zero attached hydrogens (tertiary/aromatic N) is 3. The highest BCUT2D eigenvalue weighted by Crippen LogP contribution is 2.38. The molecule has 46 heavy (non-hydrogen) atoms. The number of thiophene rings is 1. The van der Waals surface area contributed by atoms with Crippen molar-refractivity contribution in [3.63, 3.8) is 0 Å². The fraction of sp³-hybridized carbons (Fsp3) is 0.257. The molecular formula is C35H30ClN3O6S. The van der Waals surface area contributed by atoms with Gasteiger partial charge < -0.3 is 14.2 Å². The molecule has 2 amide bonds. The molecule has 1 aliphatic carbocycles. The zero-order chi connectivity index (χ0) is 31.9. The number of aromatic nitrogens is 2. The van der Waals surface area contributed by atoms with Crippen LogP contribution >= 0.6 is 22.9 Å². The quantitative estimate of drug-likeness (QED) is 0.125. The second-order valence-corrected chi connectivity index (χ2v) is 12.8. The summed E-state index contributed by atoms with van der Waals surface area (Å²) in [6, 6.07) is 21.8. The number of hydrogen-bond acceptors (Lipinski definition) is 8. The maximum Gasteiger partial charge on any atom is 0.351 e. The molecule has 1 aliphatic heterocycles. The number of methoxy groups -OCH3 is 1. The Morgan fingerprint density at radius 3 is 2.35 bits per heavy atom. The summed E-state index contributed by atoms with van der Waals surface area (Å²) in [5.41, 5.74) is 3.34. The van der Waals surface area contributed by atoms with Gasteiger partial charge >= 0.3 is 5.97 Å². The van der Waals surface area contributed by atoms with Crippen LogP contribution in [0.15, 0.2) is 79.1 Å². The van der Waals surface area contributed by atoms with Crippen molar-refractivity contribution < 1.29 is 28.6 Å². The summed E-state index contributed by atoms with van der Waals surface area (Å²) >= 11 is 7.64.